The molecule has 108 valence electrons. The molecule has 2 unspecified atom stereocenters. The standard InChI is InChI=1S/C11H21N3O2.2ClH/c1-16-8-10(12)11(15)14-6-5-13-4-2-3-9(13)7-14;;/h9-10H,2-8,12H2,1H3;2*1H. The van der Waals surface area contributed by atoms with Gasteiger partial charge in [-0.25, -0.2) is 0 Å². The van der Waals surface area contributed by atoms with Crippen LogP contribution in [0.15, 0.2) is 0 Å². The second-order valence-electron chi connectivity index (χ2n) is 4.68. The Kier molecular flexibility index (Phi) is 8.14. The number of methoxy groups -OCH3 is 1. The fourth-order valence-corrected chi connectivity index (χ4v) is 2.68. The van der Waals surface area contributed by atoms with Crippen LogP contribution in [0.3, 0.4) is 0 Å². The molecule has 0 bridgehead atoms. The maximum absolute atomic E-state index is 12.0. The summed E-state index contributed by atoms with van der Waals surface area (Å²) < 4.78 is 4.92. The van der Waals surface area contributed by atoms with Gasteiger partial charge >= 0.3 is 0 Å². The van der Waals surface area contributed by atoms with Gasteiger partial charge in [0.2, 0.25) is 5.91 Å². The van der Waals surface area contributed by atoms with Gasteiger partial charge in [0.05, 0.1) is 6.61 Å². The molecule has 2 N–H and O–H groups in total. The highest BCUT2D eigenvalue weighted by Crippen LogP contribution is 2.21. The molecule has 0 aliphatic carbocycles. The summed E-state index contributed by atoms with van der Waals surface area (Å²) in [4.78, 5) is 16.4. The van der Waals surface area contributed by atoms with E-state index in [-0.39, 0.29) is 30.7 Å². The molecule has 18 heavy (non-hydrogen) atoms. The molecule has 2 saturated heterocycles. The largest absolute Gasteiger partial charge is 0.383 e. The molecule has 2 aliphatic rings. The third-order valence-corrected chi connectivity index (χ3v) is 3.56. The highest BCUT2D eigenvalue weighted by atomic mass is 35.5. The first-order chi connectivity index (χ1) is 7.72. The van der Waals surface area contributed by atoms with E-state index in [0.29, 0.717) is 12.6 Å². The van der Waals surface area contributed by atoms with E-state index in [1.165, 1.54) is 19.4 Å². The number of ether oxygens (including phenoxy) is 1. The fourth-order valence-electron chi connectivity index (χ4n) is 2.68. The van der Waals surface area contributed by atoms with Gasteiger partial charge in [-0.15, -0.1) is 24.8 Å². The molecule has 0 aromatic rings. The van der Waals surface area contributed by atoms with Crippen LogP contribution < -0.4 is 5.73 Å². The van der Waals surface area contributed by atoms with E-state index in [4.69, 9.17) is 10.5 Å². The number of hydrogen-bond donors (Lipinski definition) is 1. The average molecular weight is 300 g/mol. The minimum Gasteiger partial charge on any atom is -0.383 e. The lowest BCUT2D eigenvalue weighted by Gasteiger charge is -2.38. The second kappa shape index (κ2) is 8.17. The van der Waals surface area contributed by atoms with Gasteiger partial charge in [0.1, 0.15) is 6.04 Å². The summed E-state index contributed by atoms with van der Waals surface area (Å²) in [6, 6.07) is 0.0606. The van der Waals surface area contributed by atoms with Crippen molar-refractivity contribution in [2.24, 2.45) is 5.73 Å². The Morgan fingerprint density at radius 1 is 1.39 bits per heavy atom. The maximum atomic E-state index is 12.0. The summed E-state index contributed by atoms with van der Waals surface area (Å²) in [5, 5.41) is 0. The highest BCUT2D eigenvalue weighted by molar-refractivity contribution is 5.85. The van der Waals surface area contributed by atoms with Crippen LogP contribution in [0, 0.1) is 0 Å². The van der Waals surface area contributed by atoms with E-state index < -0.39 is 6.04 Å². The van der Waals surface area contributed by atoms with Gasteiger partial charge in [-0.2, -0.15) is 0 Å². The molecule has 5 nitrogen and oxygen atoms in total. The first kappa shape index (κ1) is 17.9. The van der Waals surface area contributed by atoms with Gasteiger partial charge in [-0.3, -0.25) is 9.69 Å². The number of rotatable bonds is 3. The zero-order valence-electron chi connectivity index (χ0n) is 10.7. The van der Waals surface area contributed by atoms with Crippen LogP contribution in [0.25, 0.3) is 0 Å². The predicted molar refractivity (Wildman–Crippen MR) is 75.5 cm³/mol. The van der Waals surface area contributed by atoms with Crippen LogP contribution in [-0.2, 0) is 9.53 Å². The van der Waals surface area contributed by atoms with E-state index in [0.717, 1.165) is 19.6 Å². The molecule has 0 radical (unpaired) electrons. The van der Waals surface area contributed by atoms with Crippen LogP contribution in [0.4, 0.5) is 0 Å². The summed E-state index contributed by atoms with van der Waals surface area (Å²) >= 11 is 0. The monoisotopic (exact) mass is 299 g/mol. The molecule has 2 heterocycles. The third kappa shape index (κ3) is 3.96. The van der Waals surface area contributed by atoms with Crippen molar-refractivity contribution in [1.29, 1.82) is 0 Å². The van der Waals surface area contributed by atoms with Gasteiger partial charge in [0.15, 0.2) is 0 Å². The Morgan fingerprint density at radius 3 is 2.78 bits per heavy atom. The average Bonchev–Trinajstić information content (AvgIpc) is 2.75. The first-order valence-corrected chi connectivity index (χ1v) is 5.99. The molecule has 2 fully saturated rings. The van der Waals surface area contributed by atoms with Crippen LogP contribution in [-0.4, -0.2) is 67.7 Å². The Labute approximate surface area is 121 Å². The van der Waals surface area contributed by atoms with Crippen molar-refractivity contribution in [2.75, 3.05) is 39.9 Å². The molecule has 1 amide bonds. The van der Waals surface area contributed by atoms with Crippen molar-refractivity contribution in [2.45, 2.75) is 24.9 Å². The number of carbonyl (C=O) groups excluding carboxylic acids is 1. The van der Waals surface area contributed by atoms with Crippen molar-refractivity contribution >= 4 is 30.7 Å². The summed E-state index contributed by atoms with van der Waals surface area (Å²) in [6.07, 6.45) is 2.47. The van der Waals surface area contributed by atoms with Gasteiger partial charge in [-0.05, 0) is 19.4 Å². The Hall–Kier alpha value is -0.0700. The van der Waals surface area contributed by atoms with Gasteiger partial charge in [0.25, 0.3) is 0 Å². The van der Waals surface area contributed by atoms with E-state index >= 15 is 0 Å². The summed E-state index contributed by atoms with van der Waals surface area (Å²) in [5.74, 6) is 0.0356. The van der Waals surface area contributed by atoms with Crippen LogP contribution >= 0.6 is 24.8 Å². The molecule has 0 aromatic heterocycles. The summed E-state index contributed by atoms with van der Waals surface area (Å²) in [7, 11) is 1.57. The molecule has 2 atom stereocenters. The van der Waals surface area contributed by atoms with Crippen molar-refractivity contribution in [1.82, 2.24) is 9.80 Å². The third-order valence-electron chi connectivity index (χ3n) is 3.56. The summed E-state index contributed by atoms with van der Waals surface area (Å²) in [5.41, 5.74) is 5.77. The zero-order valence-corrected chi connectivity index (χ0v) is 12.3. The number of halogens is 2. The Balaban J connectivity index is 0.00000144. The molecule has 2 aliphatic heterocycles. The molecule has 0 saturated carbocycles. The van der Waals surface area contributed by atoms with Crippen LogP contribution in [0.2, 0.25) is 0 Å². The minimum atomic E-state index is -0.502. The lowest BCUT2D eigenvalue weighted by atomic mass is 10.1. The first-order valence-electron chi connectivity index (χ1n) is 5.99. The summed E-state index contributed by atoms with van der Waals surface area (Å²) in [6.45, 7) is 4.15. The van der Waals surface area contributed by atoms with Gasteiger partial charge in [-0.1, -0.05) is 0 Å². The second-order valence-corrected chi connectivity index (χ2v) is 4.68. The van der Waals surface area contributed by atoms with Gasteiger partial charge in [0, 0.05) is 32.8 Å². The number of hydrogen-bond acceptors (Lipinski definition) is 4. The van der Waals surface area contributed by atoms with Gasteiger partial charge < -0.3 is 15.4 Å². The predicted octanol–water partition coefficient (Wildman–Crippen LogP) is 0.110. The number of nitrogens with two attached hydrogens (primary N) is 1. The number of fused-ring (bicyclic) bond motifs is 1. The zero-order chi connectivity index (χ0) is 11.5. The van der Waals surface area contributed by atoms with E-state index in [9.17, 15) is 4.79 Å². The SMILES string of the molecule is COCC(N)C(=O)N1CCN2CCCC2C1.Cl.Cl. The quantitative estimate of drug-likeness (QED) is 0.804. The topological polar surface area (TPSA) is 58.8 Å². The molecular formula is C11H23Cl2N3O2. The minimum absolute atomic E-state index is 0. The Bertz CT molecular complexity index is 269. The van der Waals surface area contributed by atoms with E-state index in [1.807, 2.05) is 4.90 Å². The lowest BCUT2D eigenvalue weighted by molar-refractivity contribution is -0.136. The lowest BCUT2D eigenvalue weighted by Crippen LogP contribution is -2.56. The van der Waals surface area contributed by atoms with Crippen LogP contribution in [0.5, 0.6) is 0 Å². The van der Waals surface area contributed by atoms with E-state index in [1.54, 1.807) is 7.11 Å². The van der Waals surface area contributed by atoms with Crippen molar-refractivity contribution in [3.05, 3.63) is 0 Å². The highest BCUT2D eigenvalue weighted by Gasteiger charge is 2.33. The normalized spacial score (nSPS) is 24.8. The fraction of sp³-hybridized carbons (Fsp3) is 0.909. The van der Waals surface area contributed by atoms with Crippen molar-refractivity contribution in [3.8, 4) is 0 Å². The Morgan fingerprint density at radius 2 is 2.11 bits per heavy atom. The van der Waals surface area contributed by atoms with E-state index in [2.05, 4.69) is 4.90 Å². The number of amides is 1. The van der Waals surface area contributed by atoms with Crippen molar-refractivity contribution < 1.29 is 9.53 Å². The van der Waals surface area contributed by atoms with Crippen molar-refractivity contribution in [3.63, 3.8) is 0 Å². The maximum Gasteiger partial charge on any atom is 0.241 e. The number of nitrogens with zero attached hydrogens (tertiary/aromatic N) is 2. The van der Waals surface area contributed by atoms with Crippen LogP contribution in [0.1, 0.15) is 12.8 Å². The molecule has 0 spiro atoms. The molecule has 7 heteroatoms. The molecule has 0 aromatic carbocycles. The molecular weight excluding hydrogens is 277 g/mol. The number of carbonyl (C=O) groups is 1. The number of piperazine rings is 1. The molecule has 2 rings (SSSR count). The smallest absolute Gasteiger partial charge is 0.241 e.